The number of aryl methyl sites for hydroxylation is 2. The molecule has 35 heavy (non-hydrogen) atoms. The first-order chi connectivity index (χ1) is 16.9. The number of imide groups is 1. The number of ether oxygens (including phenoxy) is 1. The highest BCUT2D eigenvalue weighted by Crippen LogP contribution is 2.30. The van der Waals surface area contributed by atoms with Crippen LogP contribution in [0.3, 0.4) is 0 Å². The van der Waals surface area contributed by atoms with E-state index in [0.29, 0.717) is 22.7 Å². The minimum atomic E-state index is -0.589. The van der Waals surface area contributed by atoms with Crippen LogP contribution in [0.15, 0.2) is 83.5 Å². The van der Waals surface area contributed by atoms with Gasteiger partial charge in [-0.05, 0) is 72.5 Å². The van der Waals surface area contributed by atoms with Gasteiger partial charge in [-0.2, -0.15) is 0 Å². The summed E-state index contributed by atoms with van der Waals surface area (Å²) >= 11 is 6.21. The summed E-state index contributed by atoms with van der Waals surface area (Å²) in [6, 6.07) is 21.0. The SMILES string of the molecule is CCCc1ccc(OC(=O)c2ccc(NC3=C(Cl)C(=O)N(c4ccc(CC)cc4)C3=O)cc2)cc1. The maximum atomic E-state index is 13.0. The van der Waals surface area contributed by atoms with Crippen LogP contribution in [0.25, 0.3) is 0 Å². The lowest BCUT2D eigenvalue weighted by Gasteiger charge is -2.15. The van der Waals surface area contributed by atoms with Crippen molar-refractivity contribution in [3.05, 3.63) is 100 Å². The van der Waals surface area contributed by atoms with Gasteiger partial charge in [0.05, 0.1) is 11.3 Å². The van der Waals surface area contributed by atoms with Crippen molar-refractivity contribution in [1.29, 1.82) is 0 Å². The molecule has 6 nitrogen and oxygen atoms in total. The monoisotopic (exact) mass is 488 g/mol. The highest BCUT2D eigenvalue weighted by molar-refractivity contribution is 6.53. The van der Waals surface area contributed by atoms with Crippen molar-refractivity contribution in [1.82, 2.24) is 0 Å². The molecule has 0 bridgehead atoms. The number of nitrogens with one attached hydrogen (secondary N) is 1. The summed E-state index contributed by atoms with van der Waals surface area (Å²) in [5.41, 5.74) is 3.57. The molecule has 0 spiro atoms. The van der Waals surface area contributed by atoms with Crippen molar-refractivity contribution in [3.63, 3.8) is 0 Å². The van der Waals surface area contributed by atoms with Gasteiger partial charge in [-0.3, -0.25) is 9.59 Å². The average Bonchev–Trinajstić information content (AvgIpc) is 3.09. The van der Waals surface area contributed by atoms with Crippen LogP contribution in [-0.2, 0) is 22.4 Å². The molecule has 1 N–H and O–H groups in total. The molecule has 2 amide bonds. The van der Waals surface area contributed by atoms with Crippen LogP contribution in [0, 0.1) is 0 Å². The normalized spacial score (nSPS) is 13.4. The maximum absolute atomic E-state index is 13.0. The molecule has 0 aromatic heterocycles. The standard InChI is InChI=1S/C28H25ClN2O4/c1-3-5-19-8-16-23(17-9-19)35-28(34)20-10-12-21(13-11-20)30-25-24(29)26(32)31(27(25)33)22-14-6-18(4-2)7-15-22/h6-17,30H,3-5H2,1-2H3. The molecule has 4 rings (SSSR count). The van der Waals surface area contributed by atoms with Crippen LogP contribution in [0.1, 0.15) is 41.8 Å². The van der Waals surface area contributed by atoms with Gasteiger partial charge in [0.25, 0.3) is 11.8 Å². The summed E-state index contributed by atoms with van der Waals surface area (Å²) in [5, 5.41) is 2.72. The van der Waals surface area contributed by atoms with Crippen LogP contribution in [0.2, 0.25) is 0 Å². The van der Waals surface area contributed by atoms with Gasteiger partial charge in [-0.15, -0.1) is 0 Å². The number of hydrogen-bond donors (Lipinski definition) is 1. The van der Waals surface area contributed by atoms with Crippen LogP contribution in [-0.4, -0.2) is 17.8 Å². The van der Waals surface area contributed by atoms with Crippen molar-refractivity contribution in [2.24, 2.45) is 0 Å². The number of nitrogens with zero attached hydrogens (tertiary/aromatic N) is 1. The Morgan fingerprint density at radius 3 is 2.09 bits per heavy atom. The van der Waals surface area contributed by atoms with Gasteiger partial charge >= 0.3 is 5.97 Å². The Labute approximate surface area is 209 Å². The first-order valence-electron chi connectivity index (χ1n) is 11.5. The van der Waals surface area contributed by atoms with E-state index in [9.17, 15) is 14.4 Å². The molecule has 0 aliphatic carbocycles. The zero-order valence-corrected chi connectivity index (χ0v) is 20.3. The molecule has 3 aromatic rings. The molecule has 1 heterocycles. The first-order valence-corrected chi connectivity index (χ1v) is 11.8. The van der Waals surface area contributed by atoms with E-state index in [0.717, 1.165) is 29.7 Å². The predicted molar refractivity (Wildman–Crippen MR) is 137 cm³/mol. The number of anilines is 2. The lowest BCUT2D eigenvalue weighted by molar-refractivity contribution is -0.120. The maximum Gasteiger partial charge on any atom is 0.343 e. The molecule has 178 valence electrons. The van der Waals surface area contributed by atoms with Crippen molar-refractivity contribution in [2.45, 2.75) is 33.1 Å². The summed E-state index contributed by atoms with van der Waals surface area (Å²) in [6.07, 6.45) is 2.87. The number of carbonyl (C=O) groups is 3. The van der Waals surface area contributed by atoms with Crippen molar-refractivity contribution < 1.29 is 19.1 Å². The smallest absolute Gasteiger partial charge is 0.343 e. The van der Waals surface area contributed by atoms with Crippen LogP contribution >= 0.6 is 11.6 Å². The second-order valence-corrected chi connectivity index (χ2v) is 8.52. The number of amides is 2. The Morgan fingerprint density at radius 2 is 1.49 bits per heavy atom. The third kappa shape index (κ3) is 5.28. The van der Waals surface area contributed by atoms with Gasteiger partial charge in [-0.25, -0.2) is 9.69 Å². The molecule has 1 aliphatic heterocycles. The average molecular weight is 489 g/mol. The lowest BCUT2D eigenvalue weighted by Crippen LogP contribution is -2.32. The number of esters is 1. The van der Waals surface area contributed by atoms with E-state index in [1.165, 1.54) is 5.56 Å². The van der Waals surface area contributed by atoms with E-state index in [1.54, 1.807) is 48.5 Å². The molecule has 1 aliphatic rings. The largest absolute Gasteiger partial charge is 0.423 e. The van der Waals surface area contributed by atoms with Gasteiger partial charge in [-0.1, -0.05) is 56.1 Å². The molecule has 0 atom stereocenters. The van der Waals surface area contributed by atoms with Gasteiger partial charge in [0.2, 0.25) is 0 Å². The fraction of sp³-hybridized carbons (Fsp3) is 0.179. The van der Waals surface area contributed by atoms with Gasteiger partial charge in [0.1, 0.15) is 16.5 Å². The highest BCUT2D eigenvalue weighted by atomic mass is 35.5. The molecule has 0 fully saturated rings. The topological polar surface area (TPSA) is 75.7 Å². The zero-order valence-electron chi connectivity index (χ0n) is 19.5. The molecular formula is C28H25ClN2O4. The molecule has 3 aromatic carbocycles. The van der Waals surface area contributed by atoms with E-state index in [4.69, 9.17) is 16.3 Å². The number of hydrogen-bond acceptors (Lipinski definition) is 5. The second-order valence-electron chi connectivity index (χ2n) is 8.14. The minimum Gasteiger partial charge on any atom is -0.423 e. The number of halogens is 1. The first kappa shape index (κ1) is 24.2. The van der Waals surface area contributed by atoms with Crippen LogP contribution in [0.4, 0.5) is 11.4 Å². The summed E-state index contributed by atoms with van der Waals surface area (Å²) in [7, 11) is 0. The van der Waals surface area contributed by atoms with Gasteiger partial charge < -0.3 is 10.1 Å². The second kappa shape index (κ2) is 10.6. The molecule has 0 unspecified atom stereocenters. The van der Waals surface area contributed by atoms with E-state index >= 15 is 0 Å². The summed E-state index contributed by atoms with van der Waals surface area (Å²) < 4.78 is 5.44. The van der Waals surface area contributed by atoms with Crippen LogP contribution in [0.5, 0.6) is 5.75 Å². The molecule has 0 radical (unpaired) electrons. The summed E-state index contributed by atoms with van der Waals surface area (Å²) in [5.74, 6) is -1.16. The van der Waals surface area contributed by atoms with Crippen LogP contribution < -0.4 is 15.0 Å². The summed E-state index contributed by atoms with van der Waals surface area (Å²) in [6.45, 7) is 4.13. The predicted octanol–water partition coefficient (Wildman–Crippen LogP) is 5.86. The Kier molecular flexibility index (Phi) is 7.32. The Hall–Kier alpha value is -3.90. The number of rotatable bonds is 8. The zero-order chi connectivity index (χ0) is 24.9. The third-order valence-corrected chi connectivity index (χ3v) is 6.04. The van der Waals surface area contributed by atoms with E-state index < -0.39 is 17.8 Å². The minimum absolute atomic E-state index is 0.0151. The number of carbonyl (C=O) groups excluding carboxylic acids is 3. The lowest BCUT2D eigenvalue weighted by atomic mass is 10.1. The van der Waals surface area contributed by atoms with Crippen molar-refractivity contribution >= 4 is 40.8 Å². The van der Waals surface area contributed by atoms with Crippen molar-refractivity contribution in [2.75, 3.05) is 10.2 Å². The Balaban J connectivity index is 1.43. The third-order valence-electron chi connectivity index (χ3n) is 5.69. The molecular weight excluding hydrogens is 464 g/mol. The molecule has 7 heteroatoms. The fourth-order valence-corrected chi connectivity index (χ4v) is 3.95. The fourth-order valence-electron chi connectivity index (χ4n) is 3.74. The van der Waals surface area contributed by atoms with Gasteiger partial charge in [0.15, 0.2) is 0 Å². The summed E-state index contributed by atoms with van der Waals surface area (Å²) in [4.78, 5) is 39.2. The molecule has 0 saturated heterocycles. The van der Waals surface area contributed by atoms with Crippen molar-refractivity contribution in [3.8, 4) is 5.75 Å². The van der Waals surface area contributed by atoms with E-state index in [-0.39, 0.29) is 10.7 Å². The highest BCUT2D eigenvalue weighted by Gasteiger charge is 2.38. The Morgan fingerprint density at radius 1 is 0.857 bits per heavy atom. The Bertz CT molecular complexity index is 1280. The number of benzene rings is 3. The van der Waals surface area contributed by atoms with Gasteiger partial charge in [0, 0.05) is 5.69 Å². The van der Waals surface area contributed by atoms with E-state index in [2.05, 4.69) is 12.2 Å². The van der Waals surface area contributed by atoms with E-state index in [1.807, 2.05) is 31.2 Å². The quantitative estimate of drug-likeness (QED) is 0.244. The molecule has 0 saturated carbocycles.